The summed E-state index contributed by atoms with van der Waals surface area (Å²) in [4.78, 5) is 14.4. The number of furan rings is 2. The summed E-state index contributed by atoms with van der Waals surface area (Å²) in [7, 11) is -3.87. The van der Waals surface area contributed by atoms with E-state index >= 15 is 0 Å². The van der Waals surface area contributed by atoms with Crippen LogP contribution < -0.4 is 10.5 Å². The highest BCUT2D eigenvalue weighted by Crippen LogP contribution is 2.19. The Bertz CT molecular complexity index is 991. The molecule has 2 aromatic heterocycles. The van der Waals surface area contributed by atoms with Crippen LogP contribution in [0.2, 0.25) is 0 Å². The number of sulfonamides is 1. The normalized spacial score (nSPS) is 11.7. The molecule has 3 aromatic rings. The maximum Gasteiger partial charge on any atom is 0.238 e. The zero-order chi connectivity index (χ0) is 20.1. The fourth-order valence-electron chi connectivity index (χ4n) is 2.80. The lowest BCUT2D eigenvalue weighted by atomic mass is 10.2. The lowest BCUT2D eigenvalue weighted by molar-refractivity contribution is -0.117. The molecule has 2 heterocycles. The highest BCUT2D eigenvalue weighted by molar-refractivity contribution is 7.89. The predicted octanol–water partition coefficient (Wildman–Crippen LogP) is 2.47. The van der Waals surface area contributed by atoms with Crippen LogP contribution in [-0.2, 0) is 27.9 Å². The molecule has 0 radical (unpaired) electrons. The van der Waals surface area contributed by atoms with Gasteiger partial charge in [-0.15, -0.1) is 0 Å². The van der Waals surface area contributed by atoms with Gasteiger partial charge in [-0.2, -0.15) is 0 Å². The first-order valence-corrected chi connectivity index (χ1v) is 10.1. The Balaban J connectivity index is 1.71. The molecular weight excluding hydrogens is 382 g/mol. The number of nitrogens with zero attached hydrogens (tertiary/aromatic N) is 1. The molecule has 0 atom stereocenters. The molecule has 8 nitrogen and oxygen atoms in total. The summed E-state index contributed by atoms with van der Waals surface area (Å²) in [6.07, 6.45) is 3.14. The summed E-state index contributed by atoms with van der Waals surface area (Å²) in [6.45, 7) is 2.52. The Morgan fingerprint density at radius 1 is 1.07 bits per heavy atom. The van der Waals surface area contributed by atoms with Gasteiger partial charge in [0.05, 0.1) is 37.1 Å². The molecule has 3 N–H and O–H groups in total. The minimum Gasteiger partial charge on any atom is -0.468 e. The molecule has 1 amide bonds. The van der Waals surface area contributed by atoms with Crippen LogP contribution in [0, 0.1) is 6.92 Å². The van der Waals surface area contributed by atoms with E-state index in [2.05, 4.69) is 5.32 Å². The number of nitrogens with one attached hydrogen (secondary N) is 1. The lowest BCUT2D eigenvalue weighted by Gasteiger charge is -2.19. The van der Waals surface area contributed by atoms with E-state index in [-0.39, 0.29) is 17.3 Å². The molecule has 0 aliphatic carbocycles. The third kappa shape index (κ3) is 5.32. The first-order valence-electron chi connectivity index (χ1n) is 8.51. The van der Waals surface area contributed by atoms with Crippen LogP contribution in [0.5, 0.6) is 0 Å². The Morgan fingerprint density at radius 2 is 1.68 bits per heavy atom. The van der Waals surface area contributed by atoms with Crippen LogP contribution >= 0.6 is 0 Å². The molecular formula is C19H21N3O5S. The Hall–Kier alpha value is -2.88. The number of hydrogen-bond donors (Lipinski definition) is 2. The monoisotopic (exact) mass is 403 g/mol. The van der Waals surface area contributed by atoms with E-state index in [4.69, 9.17) is 14.0 Å². The van der Waals surface area contributed by atoms with Gasteiger partial charge in [-0.1, -0.05) is 6.07 Å². The molecule has 0 bridgehead atoms. The van der Waals surface area contributed by atoms with Gasteiger partial charge in [0.25, 0.3) is 0 Å². The van der Waals surface area contributed by atoms with Crippen molar-refractivity contribution in [1.29, 1.82) is 0 Å². The molecule has 1 aromatic carbocycles. The Morgan fingerprint density at radius 3 is 2.18 bits per heavy atom. The van der Waals surface area contributed by atoms with Crippen LogP contribution in [-0.4, -0.2) is 25.8 Å². The van der Waals surface area contributed by atoms with E-state index in [0.29, 0.717) is 35.9 Å². The van der Waals surface area contributed by atoms with Crippen LogP contribution in [0.25, 0.3) is 0 Å². The van der Waals surface area contributed by atoms with E-state index < -0.39 is 10.0 Å². The summed E-state index contributed by atoms with van der Waals surface area (Å²) < 4.78 is 34.1. The van der Waals surface area contributed by atoms with Crippen LogP contribution in [0.15, 0.2) is 68.7 Å². The second-order valence-corrected chi connectivity index (χ2v) is 7.91. The van der Waals surface area contributed by atoms with Gasteiger partial charge >= 0.3 is 0 Å². The molecule has 0 fully saturated rings. The van der Waals surface area contributed by atoms with Crippen molar-refractivity contribution in [1.82, 2.24) is 4.90 Å². The molecule has 0 saturated carbocycles. The largest absolute Gasteiger partial charge is 0.468 e. The topological polar surface area (TPSA) is 119 Å². The maximum absolute atomic E-state index is 12.5. The summed E-state index contributed by atoms with van der Waals surface area (Å²) in [6, 6.07) is 11.8. The van der Waals surface area contributed by atoms with Gasteiger partial charge in [0, 0.05) is 5.69 Å². The van der Waals surface area contributed by atoms with Crippen molar-refractivity contribution in [3.8, 4) is 0 Å². The minimum absolute atomic E-state index is 0.0201. The third-order valence-electron chi connectivity index (χ3n) is 4.06. The smallest absolute Gasteiger partial charge is 0.238 e. The number of benzene rings is 1. The predicted molar refractivity (Wildman–Crippen MR) is 103 cm³/mol. The van der Waals surface area contributed by atoms with Crippen LogP contribution in [0.4, 0.5) is 5.69 Å². The van der Waals surface area contributed by atoms with Gasteiger partial charge in [-0.3, -0.25) is 9.69 Å². The van der Waals surface area contributed by atoms with Gasteiger partial charge in [0.15, 0.2) is 0 Å². The van der Waals surface area contributed by atoms with E-state index in [9.17, 15) is 13.2 Å². The number of hydrogen-bond acceptors (Lipinski definition) is 6. The SMILES string of the molecule is Cc1ccc(NC(=O)CN(Cc2ccco2)Cc2ccco2)cc1S(N)(=O)=O. The van der Waals surface area contributed by atoms with E-state index in [1.807, 2.05) is 17.0 Å². The molecule has 0 aliphatic rings. The van der Waals surface area contributed by atoms with Crippen molar-refractivity contribution in [2.75, 3.05) is 11.9 Å². The van der Waals surface area contributed by atoms with Gasteiger partial charge in [0.1, 0.15) is 11.5 Å². The standard InChI is InChI=1S/C19H21N3O5S/c1-14-6-7-15(10-18(14)28(20,24)25)21-19(23)13-22(11-16-4-2-8-26-16)12-17-5-3-9-27-17/h2-10H,11-13H2,1H3,(H,21,23)(H2,20,24,25). The van der Waals surface area contributed by atoms with Crippen LogP contribution in [0.1, 0.15) is 17.1 Å². The molecule has 0 saturated heterocycles. The van der Waals surface area contributed by atoms with Crippen LogP contribution in [0.3, 0.4) is 0 Å². The zero-order valence-corrected chi connectivity index (χ0v) is 16.1. The van der Waals surface area contributed by atoms with Crippen molar-refractivity contribution >= 4 is 21.6 Å². The molecule has 148 valence electrons. The molecule has 9 heteroatoms. The van der Waals surface area contributed by atoms with Gasteiger partial charge < -0.3 is 14.2 Å². The number of aryl methyl sites for hydroxylation is 1. The number of primary sulfonamides is 1. The average Bonchev–Trinajstić information content (AvgIpc) is 3.29. The molecule has 0 unspecified atom stereocenters. The second-order valence-electron chi connectivity index (χ2n) is 6.38. The number of rotatable bonds is 8. The van der Waals surface area contributed by atoms with Crippen molar-refractivity contribution in [3.05, 3.63) is 72.1 Å². The highest BCUT2D eigenvalue weighted by atomic mass is 32.2. The van der Waals surface area contributed by atoms with E-state index in [1.54, 1.807) is 43.7 Å². The third-order valence-corrected chi connectivity index (χ3v) is 5.12. The second kappa shape index (κ2) is 8.42. The van der Waals surface area contributed by atoms with Gasteiger partial charge in [-0.25, -0.2) is 13.6 Å². The molecule has 3 rings (SSSR count). The molecule has 0 aliphatic heterocycles. The number of amides is 1. The van der Waals surface area contributed by atoms with Gasteiger partial charge in [-0.05, 0) is 48.9 Å². The fourth-order valence-corrected chi connectivity index (χ4v) is 3.61. The summed E-state index contributed by atoms with van der Waals surface area (Å²) in [5.74, 6) is 1.12. The molecule has 28 heavy (non-hydrogen) atoms. The van der Waals surface area contributed by atoms with Crippen molar-refractivity contribution < 1.29 is 22.0 Å². The minimum atomic E-state index is -3.87. The zero-order valence-electron chi connectivity index (χ0n) is 15.3. The number of carbonyl (C=O) groups is 1. The summed E-state index contributed by atoms with van der Waals surface area (Å²) in [5, 5.41) is 7.93. The fraction of sp³-hybridized carbons (Fsp3) is 0.211. The molecule has 0 spiro atoms. The first kappa shape index (κ1) is 19.9. The lowest BCUT2D eigenvalue weighted by Crippen LogP contribution is -2.32. The quantitative estimate of drug-likeness (QED) is 0.596. The van der Waals surface area contributed by atoms with Crippen molar-refractivity contribution in [2.24, 2.45) is 5.14 Å². The van der Waals surface area contributed by atoms with Crippen molar-refractivity contribution in [2.45, 2.75) is 24.9 Å². The Labute approximate surface area is 163 Å². The number of nitrogens with two attached hydrogens (primary N) is 1. The van der Waals surface area contributed by atoms with Gasteiger partial charge in [0.2, 0.25) is 15.9 Å². The number of anilines is 1. The van der Waals surface area contributed by atoms with Crippen molar-refractivity contribution in [3.63, 3.8) is 0 Å². The average molecular weight is 403 g/mol. The highest BCUT2D eigenvalue weighted by Gasteiger charge is 2.17. The Kier molecular flexibility index (Phi) is 5.98. The maximum atomic E-state index is 12.5. The summed E-state index contributed by atoms with van der Waals surface area (Å²) >= 11 is 0. The number of carbonyl (C=O) groups excluding carboxylic acids is 1. The summed E-state index contributed by atoms with van der Waals surface area (Å²) in [5.41, 5.74) is 0.869. The van der Waals surface area contributed by atoms with E-state index in [0.717, 1.165) is 0 Å². The first-order chi connectivity index (χ1) is 13.3. The van der Waals surface area contributed by atoms with E-state index in [1.165, 1.54) is 6.07 Å².